The van der Waals surface area contributed by atoms with E-state index in [-0.39, 0.29) is 5.92 Å². The SMILES string of the molecule is C/C=C/C(=O)O[C@@H](C(=O)NC(N)=O)C(C)C. The molecular formula is C10H16N2O4. The van der Waals surface area contributed by atoms with Crippen LogP contribution in [0.5, 0.6) is 0 Å². The first-order chi connectivity index (χ1) is 7.38. The molecule has 0 spiro atoms. The maximum absolute atomic E-state index is 11.4. The zero-order chi connectivity index (χ0) is 12.7. The van der Waals surface area contributed by atoms with Crippen LogP contribution in [0, 0.1) is 5.92 Å². The number of carbonyl (C=O) groups excluding carboxylic acids is 3. The Morgan fingerprint density at radius 1 is 1.31 bits per heavy atom. The van der Waals surface area contributed by atoms with Crippen LogP contribution in [0.4, 0.5) is 4.79 Å². The van der Waals surface area contributed by atoms with E-state index in [0.717, 1.165) is 0 Å². The zero-order valence-corrected chi connectivity index (χ0v) is 9.52. The molecule has 0 aliphatic carbocycles. The van der Waals surface area contributed by atoms with Gasteiger partial charge in [0.25, 0.3) is 5.91 Å². The molecule has 0 radical (unpaired) electrons. The number of ether oxygens (including phenoxy) is 1. The van der Waals surface area contributed by atoms with Crippen LogP contribution in [0.15, 0.2) is 12.2 Å². The number of carbonyl (C=O) groups is 3. The van der Waals surface area contributed by atoms with E-state index in [1.165, 1.54) is 12.2 Å². The number of urea groups is 1. The standard InChI is InChI=1S/C10H16N2O4/c1-4-5-7(13)16-8(6(2)3)9(14)12-10(11)15/h4-6,8H,1-3H3,(H3,11,12,14,15)/b5-4+/t8-/m1/s1. The summed E-state index contributed by atoms with van der Waals surface area (Å²) < 4.78 is 4.87. The van der Waals surface area contributed by atoms with Gasteiger partial charge in [0.05, 0.1) is 0 Å². The highest BCUT2D eigenvalue weighted by atomic mass is 16.5. The van der Waals surface area contributed by atoms with Crippen LogP contribution in [0.3, 0.4) is 0 Å². The van der Waals surface area contributed by atoms with E-state index in [1.807, 2.05) is 5.32 Å². The third kappa shape index (κ3) is 5.14. The van der Waals surface area contributed by atoms with Gasteiger partial charge in [0, 0.05) is 6.08 Å². The highest BCUT2D eigenvalue weighted by Gasteiger charge is 2.26. The molecule has 0 unspecified atom stereocenters. The first kappa shape index (κ1) is 14.2. The number of esters is 1. The van der Waals surface area contributed by atoms with Gasteiger partial charge < -0.3 is 10.5 Å². The molecule has 3 amide bonds. The van der Waals surface area contributed by atoms with E-state index < -0.39 is 24.0 Å². The number of primary amides is 1. The molecule has 0 saturated heterocycles. The van der Waals surface area contributed by atoms with Crippen molar-refractivity contribution in [2.24, 2.45) is 11.7 Å². The molecular weight excluding hydrogens is 212 g/mol. The largest absolute Gasteiger partial charge is 0.449 e. The minimum Gasteiger partial charge on any atom is -0.449 e. The Bertz CT molecular complexity index is 310. The normalized spacial score (nSPS) is 12.5. The summed E-state index contributed by atoms with van der Waals surface area (Å²) >= 11 is 0. The zero-order valence-electron chi connectivity index (χ0n) is 9.52. The van der Waals surface area contributed by atoms with E-state index in [0.29, 0.717) is 0 Å². The lowest BCUT2D eigenvalue weighted by atomic mass is 10.1. The molecule has 3 N–H and O–H groups in total. The maximum Gasteiger partial charge on any atom is 0.331 e. The van der Waals surface area contributed by atoms with Crippen LogP contribution < -0.4 is 11.1 Å². The van der Waals surface area contributed by atoms with Crippen molar-refractivity contribution < 1.29 is 19.1 Å². The van der Waals surface area contributed by atoms with Gasteiger partial charge in [0.2, 0.25) is 0 Å². The summed E-state index contributed by atoms with van der Waals surface area (Å²) in [7, 11) is 0. The molecule has 0 bridgehead atoms. The van der Waals surface area contributed by atoms with Crippen molar-refractivity contribution in [1.82, 2.24) is 5.32 Å². The first-order valence-corrected chi connectivity index (χ1v) is 4.82. The molecule has 6 nitrogen and oxygen atoms in total. The van der Waals surface area contributed by atoms with Crippen molar-refractivity contribution in [2.75, 3.05) is 0 Å². The van der Waals surface area contributed by atoms with E-state index in [9.17, 15) is 14.4 Å². The van der Waals surface area contributed by atoms with Gasteiger partial charge in [-0.15, -0.1) is 0 Å². The number of rotatable bonds is 4. The summed E-state index contributed by atoms with van der Waals surface area (Å²) in [5.74, 6) is -1.62. The molecule has 0 rings (SSSR count). The molecule has 0 aliphatic rings. The van der Waals surface area contributed by atoms with Crippen molar-refractivity contribution in [3.63, 3.8) is 0 Å². The monoisotopic (exact) mass is 228 g/mol. The lowest BCUT2D eigenvalue weighted by Gasteiger charge is -2.18. The first-order valence-electron chi connectivity index (χ1n) is 4.82. The molecule has 0 aromatic heterocycles. The van der Waals surface area contributed by atoms with Crippen molar-refractivity contribution in [2.45, 2.75) is 26.9 Å². The van der Waals surface area contributed by atoms with Gasteiger partial charge in [-0.1, -0.05) is 19.9 Å². The van der Waals surface area contributed by atoms with Crippen LogP contribution in [0.25, 0.3) is 0 Å². The molecule has 0 heterocycles. The van der Waals surface area contributed by atoms with Crippen LogP contribution in [0.1, 0.15) is 20.8 Å². The van der Waals surface area contributed by atoms with Gasteiger partial charge in [-0.05, 0) is 12.8 Å². The number of imide groups is 1. The second kappa shape index (κ2) is 6.60. The summed E-state index contributed by atoms with van der Waals surface area (Å²) in [6.45, 7) is 5.03. The number of allylic oxidation sites excluding steroid dienone is 1. The van der Waals surface area contributed by atoms with Crippen molar-refractivity contribution >= 4 is 17.9 Å². The van der Waals surface area contributed by atoms with E-state index in [2.05, 4.69) is 0 Å². The van der Waals surface area contributed by atoms with E-state index in [4.69, 9.17) is 10.5 Å². The second-order valence-corrected chi connectivity index (χ2v) is 3.46. The van der Waals surface area contributed by atoms with Crippen molar-refractivity contribution in [3.8, 4) is 0 Å². The van der Waals surface area contributed by atoms with Gasteiger partial charge in [0.15, 0.2) is 6.10 Å². The minimum atomic E-state index is -1.03. The van der Waals surface area contributed by atoms with Crippen LogP contribution in [-0.2, 0) is 14.3 Å². The van der Waals surface area contributed by atoms with Gasteiger partial charge in [0.1, 0.15) is 0 Å². The molecule has 90 valence electrons. The second-order valence-electron chi connectivity index (χ2n) is 3.46. The van der Waals surface area contributed by atoms with Gasteiger partial charge in [-0.2, -0.15) is 0 Å². The Balaban J connectivity index is 4.55. The molecule has 0 saturated carbocycles. The predicted octanol–water partition coefficient (Wildman–Crippen LogP) is 0.325. The summed E-state index contributed by atoms with van der Waals surface area (Å²) in [6, 6.07) is -0.974. The molecule has 0 fully saturated rings. The average molecular weight is 228 g/mol. The Morgan fingerprint density at radius 2 is 1.88 bits per heavy atom. The fourth-order valence-corrected chi connectivity index (χ4v) is 0.985. The predicted molar refractivity (Wildman–Crippen MR) is 57.3 cm³/mol. The number of hydrogen-bond donors (Lipinski definition) is 2. The minimum absolute atomic E-state index is 0.256. The van der Waals surface area contributed by atoms with Gasteiger partial charge >= 0.3 is 12.0 Å². The highest BCUT2D eigenvalue weighted by Crippen LogP contribution is 2.07. The molecule has 0 aromatic carbocycles. The topological polar surface area (TPSA) is 98.5 Å². The number of nitrogens with one attached hydrogen (secondary N) is 1. The third-order valence-corrected chi connectivity index (χ3v) is 1.66. The third-order valence-electron chi connectivity index (χ3n) is 1.66. The fourth-order valence-electron chi connectivity index (χ4n) is 0.985. The molecule has 1 atom stereocenters. The van der Waals surface area contributed by atoms with Gasteiger partial charge in [-0.3, -0.25) is 10.1 Å². The Labute approximate surface area is 93.8 Å². The Kier molecular flexibility index (Phi) is 5.84. The highest BCUT2D eigenvalue weighted by molar-refractivity contribution is 5.97. The number of nitrogens with two attached hydrogens (primary N) is 1. The average Bonchev–Trinajstić information content (AvgIpc) is 2.12. The number of hydrogen-bond acceptors (Lipinski definition) is 4. The molecule has 0 aromatic rings. The quantitative estimate of drug-likeness (QED) is 0.535. The van der Waals surface area contributed by atoms with Crippen LogP contribution >= 0.6 is 0 Å². The number of amides is 3. The summed E-state index contributed by atoms with van der Waals surface area (Å²) in [5.41, 5.74) is 4.80. The van der Waals surface area contributed by atoms with E-state index in [1.54, 1.807) is 20.8 Å². The summed E-state index contributed by atoms with van der Waals surface area (Å²) in [5, 5.41) is 1.87. The molecule has 16 heavy (non-hydrogen) atoms. The maximum atomic E-state index is 11.4. The van der Waals surface area contributed by atoms with Crippen molar-refractivity contribution in [1.29, 1.82) is 0 Å². The summed E-state index contributed by atoms with van der Waals surface area (Å²) in [4.78, 5) is 33.0. The van der Waals surface area contributed by atoms with Crippen LogP contribution in [-0.4, -0.2) is 24.0 Å². The molecule has 0 aliphatic heterocycles. The van der Waals surface area contributed by atoms with E-state index >= 15 is 0 Å². The van der Waals surface area contributed by atoms with Gasteiger partial charge in [-0.25, -0.2) is 9.59 Å². The lowest BCUT2D eigenvalue weighted by Crippen LogP contribution is -2.45. The smallest absolute Gasteiger partial charge is 0.331 e. The fraction of sp³-hybridized carbons (Fsp3) is 0.500. The Hall–Kier alpha value is -1.85. The van der Waals surface area contributed by atoms with Crippen molar-refractivity contribution in [3.05, 3.63) is 12.2 Å². The molecule has 6 heteroatoms. The Morgan fingerprint density at radius 3 is 2.25 bits per heavy atom. The van der Waals surface area contributed by atoms with Crippen LogP contribution in [0.2, 0.25) is 0 Å². The lowest BCUT2D eigenvalue weighted by molar-refractivity contribution is -0.153. The summed E-state index contributed by atoms with van der Waals surface area (Å²) in [6.07, 6.45) is 1.65.